The molecule has 0 saturated carbocycles. The van der Waals surface area contributed by atoms with E-state index in [0.29, 0.717) is 0 Å². The third-order valence-electron chi connectivity index (χ3n) is 0.344. The third-order valence-corrected chi connectivity index (χ3v) is 3.10. The van der Waals surface area contributed by atoms with E-state index in [1.165, 1.54) is 7.53 Å². The number of hydrogen-bond acceptors (Lipinski definition) is 0. The fourth-order valence-electron chi connectivity index (χ4n) is 0.0497. The van der Waals surface area contributed by atoms with E-state index in [0.717, 1.165) is 0 Å². The van der Waals surface area contributed by atoms with Gasteiger partial charge >= 0.3 is 0 Å². The lowest BCUT2D eigenvalue weighted by Crippen LogP contribution is -1.79. The molecule has 0 N–H and O–H groups in total. The SMILES string of the molecule is [3H][B]P(B([3H])P)B([3H])P. The van der Waals surface area contributed by atoms with Gasteiger partial charge in [-0.1, -0.05) is 0 Å². The van der Waals surface area contributed by atoms with Crippen molar-refractivity contribution in [1.29, 1.82) is 4.01 Å². The van der Waals surface area contributed by atoms with E-state index in [1.807, 2.05) is 0 Å². The molecule has 0 nitrogen and oxygen atoms in total. The Labute approximate surface area is 51.5 Å². The van der Waals surface area contributed by atoms with Gasteiger partial charge in [0.2, 0.25) is 0 Å². The largest absolute Gasteiger partial charge is 0.213 e. The quantitative estimate of drug-likeness (QED) is 0.367. The first-order valence-corrected chi connectivity index (χ1v) is 4.32. The van der Waals surface area contributed by atoms with Crippen LogP contribution in [0.1, 0.15) is 0 Å². The summed E-state index contributed by atoms with van der Waals surface area (Å²) in [6.07, 6.45) is 0. The predicted molar refractivity (Wildman–Crippen MR) is 47.8 cm³/mol. The molecule has 0 aromatic carbocycles. The molecule has 0 rings (SSSR count). The maximum atomic E-state index is 7.17. The van der Waals surface area contributed by atoms with Crippen LogP contribution in [0.2, 0.25) is 0 Å². The third kappa shape index (κ3) is 3.67. The van der Waals surface area contributed by atoms with E-state index in [4.69, 9.17) is 4.01 Å². The first-order chi connectivity index (χ1) is 4.09. The molecular weight excluding hydrogens is 125 g/mol. The number of rotatable bonds is 3. The predicted octanol–water partition coefficient (Wildman–Crippen LogP) is -0.433. The van der Waals surface area contributed by atoms with Crippen LogP contribution in [0.4, 0.5) is 0 Å². The Balaban J connectivity index is 3.68. The van der Waals surface area contributed by atoms with Gasteiger partial charge in [-0.15, -0.1) is 0 Å². The number of hydrogen-bond donors (Lipinski definition) is 0. The zero-order valence-electron chi connectivity index (χ0n) is 6.33. The van der Waals surface area contributed by atoms with Crippen LogP contribution in [0.5, 0.6) is 0 Å². The normalized spacial score (nSPS) is 14.8. The van der Waals surface area contributed by atoms with Crippen molar-refractivity contribution in [3.8, 4) is 0 Å². The highest BCUT2D eigenvalue weighted by Gasteiger charge is 1.91. The average molecular weight is 138 g/mol. The zero-order chi connectivity index (χ0) is 7.44. The minimum Gasteiger partial charge on any atom is -0.213 e. The average Bonchev–Trinajstić information content (AvgIpc) is 1.64. The van der Waals surface area contributed by atoms with Gasteiger partial charge in [-0.2, -0.15) is 18.2 Å². The van der Waals surface area contributed by atoms with Crippen LogP contribution in [0.25, 0.3) is 0 Å². The summed E-state index contributed by atoms with van der Waals surface area (Å²) in [5.41, 5.74) is 0. The molecule has 6 heavy (non-hydrogen) atoms. The molecule has 0 aliphatic carbocycles. The van der Waals surface area contributed by atoms with Crippen LogP contribution in [0, 0.1) is 0 Å². The lowest BCUT2D eigenvalue weighted by molar-refractivity contribution is 4.32. The minimum absolute atomic E-state index is 0.363. The second-order valence-corrected chi connectivity index (χ2v) is 4.02. The zero-order valence-corrected chi connectivity index (χ0v) is 6.54. The van der Waals surface area contributed by atoms with Crippen LogP contribution in [-0.2, 0) is 0 Å². The Bertz CT molecular complexity index is 68.7. The second-order valence-electron chi connectivity index (χ2n) is 0.745. The van der Waals surface area contributed by atoms with Gasteiger partial charge < -0.3 is 0 Å². The van der Waals surface area contributed by atoms with Crippen molar-refractivity contribution in [2.45, 2.75) is 0 Å². The standard InChI is InChI=1S/B3H7P3/c1-6(2-4)3-5/h1-3H,4-5H2/i1T,2T,3T. The van der Waals surface area contributed by atoms with Crippen LogP contribution >= 0.6 is 25.8 Å². The molecule has 0 aromatic heterocycles. The van der Waals surface area contributed by atoms with E-state index in [2.05, 4.69) is 18.2 Å². The molecule has 2 unspecified atom stereocenters. The Hall–Kier alpha value is 1.48. The Morgan fingerprint density at radius 2 is 2.33 bits per heavy atom. The molecule has 0 aliphatic rings. The van der Waals surface area contributed by atoms with E-state index < -0.39 is 7.56 Å². The Morgan fingerprint density at radius 1 is 1.83 bits per heavy atom. The van der Waals surface area contributed by atoms with Crippen molar-refractivity contribution in [2.24, 2.45) is 0 Å². The van der Waals surface area contributed by atoms with Crippen molar-refractivity contribution in [2.75, 3.05) is 0 Å². The first-order valence-electron chi connectivity index (χ1n) is 3.17. The molecule has 0 amide bonds. The first kappa shape index (κ1) is 3.50. The maximum absolute atomic E-state index is 7.17. The van der Waals surface area contributed by atoms with E-state index in [1.54, 1.807) is 0 Å². The summed E-state index contributed by atoms with van der Waals surface area (Å²) in [7, 11) is 4.93. The van der Waals surface area contributed by atoms with Crippen LogP contribution < -0.4 is 0 Å². The van der Waals surface area contributed by atoms with Gasteiger partial charge in [-0.25, -0.2) is 7.56 Å². The molecule has 0 bridgehead atoms. The summed E-state index contributed by atoms with van der Waals surface area (Å²) in [5.74, 6) is 0. The van der Waals surface area contributed by atoms with Crippen molar-refractivity contribution in [3.63, 3.8) is 0 Å². The molecule has 0 aromatic rings. The van der Waals surface area contributed by atoms with Gasteiger partial charge in [0.05, 0.1) is 0 Å². The van der Waals surface area contributed by atoms with Gasteiger partial charge in [0.1, 0.15) is 7.53 Å². The fraction of sp³-hybridized carbons (Fsp3) is 0. The van der Waals surface area contributed by atoms with Crippen molar-refractivity contribution in [1.82, 2.24) is 0 Å². The Kier molecular flexibility index (Phi) is 2.71. The monoisotopic (exact) mass is 139 g/mol. The lowest BCUT2D eigenvalue weighted by Gasteiger charge is -1.97. The second kappa shape index (κ2) is 4.64. The highest BCUT2D eigenvalue weighted by molar-refractivity contribution is 8.36. The molecule has 0 spiro atoms. The topological polar surface area (TPSA) is 0 Å². The summed E-state index contributed by atoms with van der Waals surface area (Å²) in [5, 5.41) is 0. The van der Waals surface area contributed by atoms with Gasteiger partial charge in [0, 0.05) is 0 Å². The summed E-state index contributed by atoms with van der Waals surface area (Å²) in [4.78, 5) is 0. The van der Waals surface area contributed by atoms with Gasteiger partial charge in [-0.3, -0.25) is 0 Å². The van der Waals surface area contributed by atoms with Crippen LogP contribution in [-0.4, -0.2) is 24.9 Å². The van der Waals surface area contributed by atoms with Gasteiger partial charge in [-0.05, 0) is 4.01 Å². The van der Waals surface area contributed by atoms with Gasteiger partial charge in [0.25, 0.3) is 0 Å². The summed E-state index contributed by atoms with van der Waals surface area (Å²) >= 11 is 0. The molecule has 0 aliphatic heterocycles. The summed E-state index contributed by atoms with van der Waals surface area (Å²) < 4.78 is 21.2. The Morgan fingerprint density at radius 3 is 2.33 bits per heavy atom. The molecule has 0 heterocycles. The van der Waals surface area contributed by atoms with Gasteiger partial charge in [0.15, 0.2) is 13.4 Å². The van der Waals surface area contributed by atoms with E-state index >= 15 is 0 Å². The summed E-state index contributed by atoms with van der Waals surface area (Å²) in [6, 6.07) is 0. The van der Waals surface area contributed by atoms with Crippen molar-refractivity contribution in [3.05, 3.63) is 0 Å². The van der Waals surface area contributed by atoms with Crippen LogP contribution in [0.15, 0.2) is 0 Å². The molecular formula is H7B3P3. The maximum Gasteiger partial charge on any atom is 0.156 e. The highest BCUT2D eigenvalue weighted by atomic mass is 31.2. The van der Waals surface area contributed by atoms with Crippen molar-refractivity contribution >= 4 is 46.7 Å². The van der Waals surface area contributed by atoms with Crippen LogP contribution in [0.3, 0.4) is 0 Å². The molecule has 6 heteroatoms. The summed E-state index contributed by atoms with van der Waals surface area (Å²) in [6.45, 7) is -0.727. The smallest absolute Gasteiger partial charge is 0.156 e. The molecule has 1 radical (unpaired) electrons. The van der Waals surface area contributed by atoms with E-state index in [-0.39, 0.29) is 13.4 Å². The fourth-order valence-corrected chi connectivity index (χ4v) is 1.34. The van der Waals surface area contributed by atoms with Crippen molar-refractivity contribution < 1.29 is 0 Å². The van der Waals surface area contributed by atoms with E-state index in [9.17, 15) is 0 Å². The molecule has 31 valence electrons. The molecule has 0 saturated heterocycles. The minimum atomic E-state index is -0.876. The lowest BCUT2D eigenvalue weighted by atomic mass is 10.6. The molecule has 0 fully saturated rings. The molecule has 2 atom stereocenters. The highest BCUT2D eigenvalue weighted by Crippen LogP contribution is 2.27.